The molecule has 0 atom stereocenters. The van der Waals surface area contributed by atoms with Crippen molar-refractivity contribution in [1.29, 1.82) is 0 Å². The first-order valence-corrected chi connectivity index (χ1v) is 8.98. The molecule has 1 N–H and O–H groups in total. The van der Waals surface area contributed by atoms with E-state index in [0.29, 0.717) is 11.6 Å². The van der Waals surface area contributed by atoms with Crippen molar-refractivity contribution in [3.05, 3.63) is 71.9 Å². The van der Waals surface area contributed by atoms with E-state index in [0.717, 1.165) is 11.4 Å². The van der Waals surface area contributed by atoms with Gasteiger partial charge in [0.15, 0.2) is 6.61 Å². The maximum Gasteiger partial charge on any atom is 0.263 e. The van der Waals surface area contributed by atoms with Crippen molar-refractivity contribution in [3.63, 3.8) is 0 Å². The number of anilines is 1. The summed E-state index contributed by atoms with van der Waals surface area (Å²) in [5, 5.41) is 7.64. The summed E-state index contributed by atoms with van der Waals surface area (Å²) in [6.07, 6.45) is 0. The number of amides is 1. The highest BCUT2D eigenvalue weighted by molar-refractivity contribution is 5.91. The highest BCUT2D eigenvalue weighted by Crippen LogP contribution is 2.26. The zero-order chi connectivity index (χ0) is 19.4. The fourth-order valence-corrected chi connectivity index (χ4v) is 2.56. The van der Waals surface area contributed by atoms with Gasteiger partial charge in [-0.05, 0) is 31.2 Å². The zero-order valence-electron chi connectivity index (χ0n) is 16.2. The first-order chi connectivity index (χ1) is 12.8. The van der Waals surface area contributed by atoms with Gasteiger partial charge in [-0.25, -0.2) is 4.68 Å². The molecule has 0 unspecified atom stereocenters. The van der Waals surface area contributed by atoms with Crippen molar-refractivity contribution < 1.29 is 9.53 Å². The Balaban J connectivity index is 1.81. The molecule has 1 aromatic heterocycles. The Kier molecular flexibility index (Phi) is 5.31. The van der Waals surface area contributed by atoms with Crippen molar-refractivity contribution >= 4 is 11.7 Å². The van der Waals surface area contributed by atoms with Gasteiger partial charge in [-0.15, -0.1) is 0 Å². The Bertz CT molecular complexity index is 907. The zero-order valence-corrected chi connectivity index (χ0v) is 16.2. The number of nitrogens with zero attached hydrogens (tertiary/aromatic N) is 2. The molecule has 5 nitrogen and oxygen atoms in total. The Morgan fingerprint density at radius 2 is 1.74 bits per heavy atom. The van der Waals surface area contributed by atoms with E-state index in [1.807, 2.05) is 67.6 Å². The van der Waals surface area contributed by atoms with Gasteiger partial charge in [0.05, 0.1) is 11.4 Å². The number of carbonyl (C=O) groups excluding carboxylic acids is 1. The van der Waals surface area contributed by atoms with E-state index in [4.69, 9.17) is 9.84 Å². The Morgan fingerprint density at radius 1 is 1.07 bits per heavy atom. The number of hydrogen-bond donors (Lipinski definition) is 1. The highest BCUT2D eigenvalue weighted by atomic mass is 16.5. The van der Waals surface area contributed by atoms with Gasteiger partial charge in [0.1, 0.15) is 11.6 Å². The van der Waals surface area contributed by atoms with Crippen molar-refractivity contribution in [2.75, 3.05) is 11.9 Å². The molecule has 3 rings (SSSR count). The van der Waals surface area contributed by atoms with E-state index in [9.17, 15) is 4.79 Å². The molecule has 2 aromatic carbocycles. The third kappa shape index (κ3) is 4.76. The minimum Gasteiger partial charge on any atom is -0.484 e. The predicted octanol–water partition coefficient (Wildman–Crippen LogP) is 4.50. The molecule has 0 spiro atoms. The average molecular weight is 363 g/mol. The number of rotatable bonds is 5. The number of nitrogens with one attached hydrogen (secondary N) is 1. The smallest absolute Gasteiger partial charge is 0.263 e. The molecule has 0 saturated heterocycles. The quantitative estimate of drug-likeness (QED) is 0.726. The molecule has 140 valence electrons. The summed E-state index contributed by atoms with van der Waals surface area (Å²) in [4.78, 5) is 12.4. The van der Waals surface area contributed by atoms with Crippen molar-refractivity contribution in [2.45, 2.75) is 33.1 Å². The molecule has 5 heteroatoms. The molecule has 0 bridgehead atoms. The summed E-state index contributed by atoms with van der Waals surface area (Å²) in [7, 11) is 0. The number of ether oxygens (including phenoxy) is 1. The minimum absolute atomic E-state index is 0.0616. The van der Waals surface area contributed by atoms with Crippen LogP contribution in [-0.2, 0) is 10.2 Å². The van der Waals surface area contributed by atoms with E-state index in [-0.39, 0.29) is 17.9 Å². The average Bonchev–Trinajstić information content (AvgIpc) is 3.06. The third-order valence-corrected chi connectivity index (χ3v) is 4.14. The molecule has 0 fully saturated rings. The second-order valence-corrected chi connectivity index (χ2v) is 7.56. The number of aryl methyl sites for hydroxylation is 1. The van der Waals surface area contributed by atoms with E-state index in [2.05, 4.69) is 26.1 Å². The Labute approximate surface area is 160 Å². The van der Waals surface area contributed by atoms with E-state index in [1.54, 1.807) is 4.68 Å². The lowest BCUT2D eigenvalue weighted by molar-refractivity contribution is -0.118. The summed E-state index contributed by atoms with van der Waals surface area (Å²) in [6.45, 7) is 8.27. The van der Waals surface area contributed by atoms with Gasteiger partial charge in [0.25, 0.3) is 5.91 Å². The summed E-state index contributed by atoms with van der Waals surface area (Å²) in [6, 6.07) is 19.2. The van der Waals surface area contributed by atoms with Crippen LogP contribution in [0.1, 0.15) is 32.0 Å². The molecular weight excluding hydrogens is 338 g/mol. The van der Waals surface area contributed by atoms with Gasteiger partial charge in [-0.1, -0.05) is 56.7 Å². The predicted molar refractivity (Wildman–Crippen MR) is 108 cm³/mol. The molecule has 0 radical (unpaired) electrons. The minimum atomic E-state index is -0.229. The normalized spacial score (nSPS) is 11.3. The van der Waals surface area contributed by atoms with Gasteiger partial charge in [0.2, 0.25) is 0 Å². The number of aromatic nitrogens is 2. The van der Waals surface area contributed by atoms with Crippen LogP contribution < -0.4 is 10.1 Å². The van der Waals surface area contributed by atoms with Gasteiger partial charge in [0, 0.05) is 11.5 Å². The van der Waals surface area contributed by atoms with Crippen LogP contribution in [0.2, 0.25) is 0 Å². The first-order valence-electron chi connectivity index (χ1n) is 8.98. The van der Waals surface area contributed by atoms with Crippen LogP contribution in [0.25, 0.3) is 5.69 Å². The van der Waals surface area contributed by atoms with Gasteiger partial charge >= 0.3 is 0 Å². The molecule has 1 amide bonds. The molecule has 0 saturated carbocycles. The van der Waals surface area contributed by atoms with Gasteiger partial charge in [-0.2, -0.15) is 5.10 Å². The van der Waals surface area contributed by atoms with Crippen LogP contribution in [0, 0.1) is 6.92 Å². The van der Waals surface area contributed by atoms with Crippen LogP contribution in [0.5, 0.6) is 5.75 Å². The number of benzene rings is 2. The standard InChI is InChI=1S/C22H25N3O2/c1-16-10-12-17(13-11-16)25-20(14-19(24-25)22(2,3)4)23-21(26)15-27-18-8-6-5-7-9-18/h5-14H,15H2,1-4H3,(H,23,26). The fraction of sp³-hybridized carbons (Fsp3) is 0.273. The summed E-state index contributed by atoms with van der Waals surface area (Å²) in [5.41, 5.74) is 2.84. The second-order valence-electron chi connectivity index (χ2n) is 7.56. The van der Waals surface area contributed by atoms with E-state index in [1.165, 1.54) is 5.56 Å². The van der Waals surface area contributed by atoms with Crippen molar-refractivity contribution in [1.82, 2.24) is 9.78 Å². The SMILES string of the molecule is Cc1ccc(-n2nc(C(C)(C)C)cc2NC(=O)COc2ccccc2)cc1. The third-order valence-electron chi connectivity index (χ3n) is 4.14. The Hall–Kier alpha value is -3.08. The lowest BCUT2D eigenvalue weighted by Gasteiger charge is -2.14. The maximum absolute atomic E-state index is 12.4. The van der Waals surface area contributed by atoms with Crippen molar-refractivity contribution in [3.8, 4) is 11.4 Å². The van der Waals surface area contributed by atoms with E-state index >= 15 is 0 Å². The van der Waals surface area contributed by atoms with Crippen molar-refractivity contribution in [2.24, 2.45) is 0 Å². The lowest BCUT2D eigenvalue weighted by Crippen LogP contribution is -2.21. The largest absolute Gasteiger partial charge is 0.484 e. The summed E-state index contributed by atoms with van der Waals surface area (Å²) < 4.78 is 7.30. The van der Waals surface area contributed by atoms with Crippen LogP contribution in [0.4, 0.5) is 5.82 Å². The fourth-order valence-electron chi connectivity index (χ4n) is 2.56. The topological polar surface area (TPSA) is 56.2 Å². The highest BCUT2D eigenvalue weighted by Gasteiger charge is 2.21. The lowest BCUT2D eigenvalue weighted by atomic mass is 9.92. The molecule has 3 aromatic rings. The van der Waals surface area contributed by atoms with Crippen LogP contribution in [0.15, 0.2) is 60.7 Å². The van der Waals surface area contributed by atoms with Gasteiger partial charge < -0.3 is 10.1 Å². The second kappa shape index (κ2) is 7.66. The molecule has 0 aliphatic rings. The number of para-hydroxylation sites is 1. The monoisotopic (exact) mass is 363 g/mol. The molecule has 0 aliphatic heterocycles. The molecule has 0 aliphatic carbocycles. The molecule has 27 heavy (non-hydrogen) atoms. The van der Waals surface area contributed by atoms with Crippen LogP contribution >= 0.6 is 0 Å². The Morgan fingerprint density at radius 3 is 2.37 bits per heavy atom. The van der Waals surface area contributed by atoms with Gasteiger partial charge in [-0.3, -0.25) is 4.79 Å². The molecular formula is C22H25N3O2. The summed E-state index contributed by atoms with van der Waals surface area (Å²) >= 11 is 0. The summed E-state index contributed by atoms with van der Waals surface area (Å²) in [5.74, 6) is 1.06. The molecule has 1 heterocycles. The van der Waals surface area contributed by atoms with E-state index < -0.39 is 0 Å². The van der Waals surface area contributed by atoms with Crippen LogP contribution in [0.3, 0.4) is 0 Å². The number of carbonyl (C=O) groups is 1. The maximum atomic E-state index is 12.4. The number of hydrogen-bond acceptors (Lipinski definition) is 3. The van der Waals surface area contributed by atoms with Crippen LogP contribution in [-0.4, -0.2) is 22.3 Å². The first kappa shape index (κ1) is 18.7.